The third-order valence-corrected chi connectivity index (χ3v) is 9.12. The lowest BCUT2D eigenvalue weighted by atomic mass is 9.90. The van der Waals surface area contributed by atoms with Crippen LogP contribution in [0.2, 0.25) is 5.02 Å². The van der Waals surface area contributed by atoms with Gasteiger partial charge in [0.05, 0.1) is 43.6 Å². The van der Waals surface area contributed by atoms with Gasteiger partial charge in [0.25, 0.3) is 5.88 Å². The molecule has 0 amide bonds. The number of ether oxygens (including phenoxy) is 3. The van der Waals surface area contributed by atoms with Crippen LogP contribution in [0.25, 0.3) is 11.1 Å². The van der Waals surface area contributed by atoms with Gasteiger partial charge in [0.1, 0.15) is 29.7 Å². The Labute approximate surface area is 289 Å². The first kappa shape index (κ1) is 32.8. The fourth-order valence-electron chi connectivity index (χ4n) is 6.30. The maximum atomic E-state index is 6.46. The molecule has 1 aliphatic heterocycles. The lowest BCUT2D eigenvalue weighted by Gasteiger charge is -2.38. The number of tetrazole rings is 1. The third kappa shape index (κ3) is 8.47. The summed E-state index contributed by atoms with van der Waals surface area (Å²) in [6.07, 6.45) is 15.3. The van der Waals surface area contributed by atoms with E-state index in [4.69, 9.17) is 30.9 Å². The SMILES string of the molecule is C[C@@H](Cn1cnnn1)Oc1cc(-c2cnc(Nc3cn([C@H]4CC[C@H](N5CCOCC5)CC4)nc3OCCc3ncccn3)nc2)ccc1Cl. The van der Waals surface area contributed by atoms with Gasteiger partial charge in [0.2, 0.25) is 5.95 Å². The van der Waals surface area contributed by atoms with Crippen molar-refractivity contribution < 1.29 is 14.2 Å². The summed E-state index contributed by atoms with van der Waals surface area (Å²) in [4.78, 5) is 20.4. The van der Waals surface area contributed by atoms with Crippen molar-refractivity contribution in [1.29, 1.82) is 0 Å². The molecule has 7 rings (SSSR count). The van der Waals surface area contributed by atoms with Crippen molar-refractivity contribution in [2.24, 2.45) is 0 Å². The van der Waals surface area contributed by atoms with Gasteiger partial charge in [-0.15, -0.1) is 10.2 Å². The van der Waals surface area contributed by atoms with Gasteiger partial charge in [-0.1, -0.05) is 17.7 Å². The molecule has 0 unspecified atom stereocenters. The average molecular weight is 687 g/mol. The van der Waals surface area contributed by atoms with E-state index in [-0.39, 0.29) is 12.1 Å². The van der Waals surface area contributed by atoms with Gasteiger partial charge in [0, 0.05) is 55.9 Å². The Kier molecular flexibility index (Phi) is 10.5. The standard InChI is InChI=1S/C33H39ClN12O3/c1-23(20-45-22-39-42-43-45)49-30-17-24(3-8-28(30)34)25-18-37-33(38-19-25)40-29-21-46(41-32(29)48-14-9-31-35-10-2-11-36-31)27-6-4-26(5-7-27)44-12-15-47-16-13-44/h2-3,8,10-11,17-19,21-23,26-27H,4-7,9,12-16,20H2,1H3,(H,37,38,40)/t23-,26-,27-/m0/s1. The van der Waals surface area contributed by atoms with Crippen LogP contribution in [0.1, 0.15) is 44.5 Å². The molecule has 4 aromatic heterocycles. The highest BCUT2D eigenvalue weighted by Gasteiger charge is 2.29. The number of hydrogen-bond donors (Lipinski definition) is 1. The highest BCUT2D eigenvalue weighted by molar-refractivity contribution is 6.32. The van der Waals surface area contributed by atoms with Crippen LogP contribution >= 0.6 is 11.6 Å². The first-order valence-electron chi connectivity index (χ1n) is 16.6. The highest BCUT2D eigenvalue weighted by Crippen LogP contribution is 2.35. The van der Waals surface area contributed by atoms with Crippen LogP contribution in [0, 0.1) is 0 Å². The molecule has 1 N–H and O–H groups in total. The van der Waals surface area contributed by atoms with E-state index < -0.39 is 0 Å². The second-order valence-corrected chi connectivity index (χ2v) is 12.6. The molecule has 0 radical (unpaired) electrons. The van der Waals surface area contributed by atoms with Crippen molar-refractivity contribution in [2.45, 2.75) is 63.8 Å². The number of nitrogens with one attached hydrogen (secondary N) is 1. The lowest BCUT2D eigenvalue weighted by Crippen LogP contribution is -2.45. The summed E-state index contributed by atoms with van der Waals surface area (Å²) < 4.78 is 21.5. The van der Waals surface area contributed by atoms with Crippen LogP contribution in [0.15, 0.2) is 61.6 Å². The predicted octanol–water partition coefficient (Wildman–Crippen LogP) is 4.42. The van der Waals surface area contributed by atoms with Crippen molar-refractivity contribution in [3.63, 3.8) is 0 Å². The number of nitrogens with zero attached hydrogens (tertiary/aromatic N) is 11. The number of rotatable bonds is 13. The van der Waals surface area contributed by atoms with Crippen LogP contribution in [-0.2, 0) is 17.7 Å². The van der Waals surface area contributed by atoms with Gasteiger partial charge in [-0.2, -0.15) is 0 Å². The fraction of sp³-hybridized carbons (Fsp3) is 0.455. The molecule has 2 aliphatic rings. The minimum atomic E-state index is -0.212. The van der Waals surface area contributed by atoms with Crippen molar-refractivity contribution in [1.82, 2.24) is 54.8 Å². The van der Waals surface area contributed by atoms with Crippen LogP contribution in [0.5, 0.6) is 11.6 Å². The van der Waals surface area contributed by atoms with E-state index in [0.717, 1.165) is 68.9 Å². The summed E-state index contributed by atoms with van der Waals surface area (Å²) in [5.41, 5.74) is 2.39. The second-order valence-electron chi connectivity index (χ2n) is 12.2. The topological polar surface area (TPSA) is 156 Å². The molecular formula is C33H39ClN12O3. The van der Waals surface area contributed by atoms with Gasteiger partial charge >= 0.3 is 0 Å². The van der Waals surface area contributed by atoms with Crippen molar-refractivity contribution >= 4 is 23.2 Å². The van der Waals surface area contributed by atoms with E-state index >= 15 is 0 Å². The smallest absolute Gasteiger partial charge is 0.256 e. The van der Waals surface area contributed by atoms with E-state index in [9.17, 15) is 0 Å². The molecule has 5 heterocycles. The monoisotopic (exact) mass is 686 g/mol. The van der Waals surface area contributed by atoms with Gasteiger partial charge in [0.15, 0.2) is 0 Å². The minimum Gasteiger partial charge on any atom is -0.487 e. The molecule has 1 aromatic carbocycles. The van der Waals surface area contributed by atoms with Crippen molar-refractivity contribution in [3.8, 4) is 22.8 Å². The molecule has 1 atom stereocenters. The van der Waals surface area contributed by atoms with Crippen LogP contribution in [-0.4, -0.2) is 99.9 Å². The average Bonchev–Trinajstić information content (AvgIpc) is 3.80. The van der Waals surface area contributed by atoms with Crippen LogP contribution in [0.4, 0.5) is 11.6 Å². The number of benzene rings is 1. The number of anilines is 2. The molecule has 5 aromatic rings. The highest BCUT2D eigenvalue weighted by atomic mass is 35.5. The maximum Gasteiger partial charge on any atom is 0.256 e. The minimum absolute atomic E-state index is 0.212. The Balaban J connectivity index is 1.03. The molecule has 2 fully saturated rings. The summed E-state index contributed by atoms with van der Waals surface area (Å²) in [6.45, 7) is 6.47. The summed E-state index contributed by atoms with van der Waals surface area (Å²) >= 11 is 6.46. The number of halogens is 1. The van der Waals surface area contributed by atoms with Crippen molar-refractivity contribution in [2.75, 3.05) is 38.2 Å². The van der Waals surface area contributed by atoms with Crippen LogP contribution in [0.3, 0.4) is 0 Å². The van der Waals surface area contributed by atoms with Gasteiger partial charge in [-0.3, -0.25) is 9.58 Å². The number of aromatic nitrogens is 10. The quantitative estimate of drug-likeness (QED) is 0.186. The summed E-state index contributed by atoms with van der Waals surface area (Å²) in [7, 11) is 0. The fourth-order valence-corrected chi connectivity index (χ4v) is 6.46. The third-order valence-electron chi connectivity index (χ3n) is 8.81. The predicted molar refractivity (Wildman–Crippen MR) is 181 cm³/mol. The van der Waals surface area contributed by atoms with Gasteiger partial charge < -0.3 is 19.5 Å². The molecule has 49 heavy (non-hydrogen) atoms. The number of morpholine rings is 1. The Morgan fingerprint density at radius 1 is 1.00 bits per heavy atom. The summed E-state index contributed by atoms with van der Waals surface area (Å²) in [6, 6.07) is 8.28. The zero-order valence-electron chi connectivity index (χ0n) is 27.3. The van der Waals surface area contributed by atoms with Crippen molar-refractivity contribution in [3.05, 3.63) is 72.4 Å². The van der Waals surface area contributed by atoms with E-state index in [0.29, 0.717) is 53.9 Å². The summed E-state index contributed by atoms with van der Waals surface area (Å²) in [5.74, 6) is 2.19. The van der Waals surface area contributed by atoms with E-state index in [2.05, 4.69) is 45.7 Å². The Hall–Kier alpha value is -4.73. The Morgan fingerprint density at radius 3 is 2.53 bits per heavy atom. The largest absolute Gasteiger partial charge is 0.487 e. The Bertz CT molecular complexity index is 1760. The van der Waals surface area contributed by atoms with Gasteiger partial charge in [-0.05, 0) is 66.8 Å². The summed E-state index contributed by atoms with van der Waals surface area (Å²) in [5, 5.41) is 20.0. The molecule has 1 saturated carbocycles. The zero-order valence-corrected chi connectivity index (χ0v) is 28.1. The first-order chi connectivity index (χ1) is 24.1. The first-order valence-corrected chi connectivity index (χ1v) is 17.0. The van der Waals surface area contributed by atoms with E-state index in [1.165, 1.54) is 0 Å². The molecule has 0 bridgehead atoms. The molecule has 1 saturated heterocycles. The molecule has 15 nitrogen and oxygen atoms in total. The molecular weight excluding hydrogens is 648 g/mol. The second kappa shape index (κ2) is 15.7. The van der Waals surface area contributed by atoms with Gasteiger partial charge in [-0.25, -0.2) is 24.6 Å². The molecule has 16 heteroatoms. The molecule has 1 aliphatic carbocycles. The zero-order chi connectivity index (χ0) is 33.4. The Morgan fingerprint density at radius 2 is 1.78 bits per heavy atom. The normalized spacial score (nSPS) is 19.0. The molecule has 256 valence electrons. The van der Waals surface area contributed by atoms with E-state index in [1.54, 1.807) is 47.9 Å². The molecule has 0 spiro atoms. The van der Waals surface area contributed by atoms with Crippen LogP contribution < -0.4 is 14.8 Å². The number of hydrogen-bond acceptors (Lipinski definition) is 13. The maximum absolute atomic E-state index is 6.46. The van der Waals surface area contributed by atoms with E-state index in [1.807, 2.05) is 29.9 Å². The lowest BCUT2D eigenvalue weighted by molar-refractivity contribution is 0.00503.